The minimum atomic E-state index is 0.813. The number of aliphatic imine (C=N–C) groups is 1. The zero-order chi connectivity index (χ0) is 5.54. The standard InChI is InChI=1S/C4H4BrNS/c5-2-1-3-6-4-7/h1,3H,2H2/b3-1+. The molecule has 0 fully saturated rings. The van der Waals surface area contributed by atoms with Crippen LogP contribution < -0.4 is 0 Å². The van der Waals surface area contributed by atoms with E-state index in [1.54, 1.807) is 6.20 Å². The Morgan fingerprint density at radius 3 is 3.00 bits per heavy atom. The van der Waals surface area contributed by atoms with Crippen molar-refractivity contribution in [2.75, 3.05) is 5.33 Å². The molecule has 0 rings (SSSR count). The van der Waals surface area contributed by atoms with Crippen LogP contribution in [0.2, 0.25) is 0 Å². The number of thiocarbonyl (C=S) groups is 1. The van der Waals surface area contributed by atoms with Gasteiger partial charge in [-0.25, -0.2) is 4.99 Å². The van der Waals surface area contributed by atoms with Gasteiger partial charge in [0.15, 0.2) is 0 Å². The maximum atomic E-state index is 4.28. The van der Waals surface area contributed by atoms with Crippen molar-refractivity contribution in [1.82, 2.24) is 0 Å². The van der Waals surface area contributed by atoms with Gasteiger partial charge in [0.25, 0.3) is 0 Å². The number of isothiocyanates is 1. The zero-order valence-electron chi connectivity index (χ0n) is 3.60. The van der Waals surface area contributed by atoms with Crippen molar-refractivity contribution in [3.8, 4) is 0 Å². The van der Waals surface area contributed by atoms with Crippen LogP contribution in [0, 0.1) is 0 Å². The molecule has 0 saturated carbocycles. The fraction of sp³-hybridized carbons (Fsp3) is 0.250. The average molecular weight is 178 g/mol. The number of nitrogens with zero attached hydrogens (tertiary/aromatic N) is 1. The molecule has 0 spiro atoms. The maximum absolute atomic E-state index is 4.28. The molecular formula is C4H4BrNS. The molecular weight excluding hydrogens is 174 g/mol. The van der Waals surface area contributed by atoms with Gasteiger partial charge in [0.2, 0.25) is 0 Å². The van der Waals surface area contributed by atoms with Gasteiger partial charge < -0.3 is 0 Å². The van der Waals surface area contributed by atoms with Crippen molar-refractivity contribution in [2.45, 2.75) is 0 Å². The van der Waals surface area contributed by atoms with E-state index in [2.05, 4.69) is 38.3 Å². The SMILES string of the molecule is S=C=N/C=C/CBr. The Hall–Kier alpha value is 0.0200. The first kappa shape index (κ1) is 7.02. The molecule has 0 aliphatic heterocycles. The molecule has 3 heteroatoms. The van der Waals surface area contributed by atoms with E-state index < -0.39 is 0 Å². The lowest BCUT2D eigenvalue weighted by atomic mass is 10.7. The minimum Gasteiger partial charge on any atom is -0.203 e. The molecule has 38 valence electrons. The first-order valence-corrected chi connectivity index (χ1v) is 3.22. The summed E-state index contributed by atoms with van der Waals surface area (Å²) in [6.07, 6.45) is 3.43. The highest BCUT2D eigenvalue weighted by molar-refractivity contribution is 9.09. The lowest BCUT2D eigenvalue weighted by Crippen LogP contribution is -1.53. The van der Waals surface area contributed by atoms with Gasteiger partial charge in [-0.1, -0.05) is 22.0 Å². The van der Waals surface area contributed by atoms with E-state index in [4.69, 9.17) is 0 Å². The largest absolute Gasteiger partial charge is 0.203 e. The number of hydrogen-bond donors (Lipinski definition) is 0. The summed E-state index contributed by atoms with van der Waals surface area (Å²) in [4.78, 5) is 3.52. The maximum Gasteiger partial charge on any atom is 0.0634 e. The van der Waals surface area contributed by atoms with Gasteiger partial charge in [-0.2, -0.15) is 0 Å². The van der Waals surface area contributed by atoms with Crippen molar-refractivity contribution in [1.29, 1.82) is 0 Å². The molecule has 0 amide bonds. The third kappa shape index (κ3) is 6.02. The lowest BCUT2D eigenvalue weighted by Gasteiger charge is -1.65. The monoisotopic (exact) mass is 177 g/mol. The minimum absolute atomic E-state index is 0.813. The molecule has 0 aliphatic carbocycles. The summed E-state index contributed by atoms with van der Waals surface area (Å²) in [6.45, 7) is 0. The number of alkyl halides is 1. The first-order valence-electron chi connectivity index (χ1n) is 1.69. The van der Waals surface area contributed by atoms with Crippen molar-refractivity contribution < 1.29 is 0 Å². The predicted molar refractivity (Wildman–Crippen MR) is 38.0 cm³/mol. The van der Waals surface area contributed by atoms with Crippen molar-refractivity contribution >= 4 is 33.3 Å². The number of halogens is 1. The van der Waals surface area contributed by atoms with Gasteiger partial charge in [-0.15, -0.1) is 0 Å². The van der Waals surface area contributed by atoms with Crippen LogP contribution in [0.25, 0.3) is 0 Å². The molecule has 0 bridgehead atoms. The number of hydrogen-bond acceptors (Lipinski definition) is 2. The van der Waals surface area contributed by atoms with Crippen LogP contribution in [-0.4, -0.2) is 10.5 Å². The van der Waals surface area contributed by atoms with E-state index in [0.717, 1.165) is 5.33 Å². The molecule has 0 saturated heterocycles. The number of rotatable bonds is 2. The van der Waals surface area contributed by atoms with E-state index in [1.807, 2.05) is 6.08 Å². The molecule has 0 unspecified atom stereocenters. The predicted octanol–water partition coefficient (Wildman–Crippen LogP) is 2.00. The lowest BCUT2D eigenvalue weighted by molar-refractivity contribution is 1.58. The van der Waals surface area contributed by atoms with Gasteiger partial charge in [-0.3, -0.25) is 0 Å². The van der Waals surface area contributed by atoms with Crippen LogP contribution in [-0.2, 0) is 0 Å². The summed E-state index contributed by atoms with van der Waals surface area (Å²) in [7, 11) is 0. The number of allylic oxidation sites excluding steroid dienone is 1. The summed E-state index contributed by atoms with van der Waals surface area (Å²) in [5, 5.41) is 3.02. The van der Waals surface area contributed by atoms with Gasteiger partial charge >= 0.3 is 0 Å². The highest BCUT2D eigenvalue weighted by atomic mass is 79.9. The zero-order valence-corrected chi connectivity index (χ0v) is 6.00. The summed E-state index contributed by atoms with van der Waals surface area (Å²) >= 11 is 7.45. The van der Waals surface area contributed by atoms with E-state index >= 15 is 0 Å². The summed E-state index contributed by atoms with van der Waals surface area (Å²) in [5.41, 5.74) is 0. The second-order valence-electron chi connectivity index (χ2n) is 0.759. The fourth-order valence-corrected chi connectivity index (χ4v) is 0.351. The van der Waals surface area contributed by atoms with Gasteiger partial charge in [-0.05, 0) is 12.2 Å². The smallest absolute Gasteiger partial charge is 0.0634 e. The molecule has 0 heterocycles. The summed E-state index contributed by atoms with van der Waals surface area (Å²) < 4.78 is 0. The van der Waals surface area contributed by atoms with E-state index in [9.17, 15) is 0 Å². The third-order valence-electron chi connectivity index (χ3n) is 0.322. The fourth-order valence-electron chi connectivity index (χ4n) is 0.123. The molecule has 7 heavy (non-hydrogen) atoms. The Kier molecular flexibility index (Phi) is 6.04. The van der Waals surface area contributed by atoms with Crippen molar-refractivity contribution in [3.63, 3.8) is 0 Å². The molecule has 0 aromatic heterocycles. The van der Waals surface area contributed by atoms with Gasteiger partial charge in [0.05, 0.1) is 5.16 Å². The topological polar surface area (TPSA) is 12.4 Å². The Balaban J connectivity index is 3.27. The molecule has 0 aliphatic rings. The van der Waals surface area contributed by atoms with Crippen molar-refractivity contribution in [2.24, 2.45) is 4.99 Å². The summed E-state index contributed by atoms with van der Waals surface area (Å²) in [5.74, 6) is 0. The Morgan fingerprint density at radius 1 is 1.86 bits per heavy atom. The Morgan fingerprint density at radius 2 is 2.57 bits per heavy atom. The van der Waals surface area contributed by atoms with Crippen LogP contribution in [0.4, 0.5) is 0 Å². The van der Waals surface area contributed by atoms with Crippen LogP contribution in [0.1, 0.15) is 0 Å². The molecule has 0 aromatic carbocycles. The summed E-state index contributed by atoms with van der Waals surface area (Å²) in [6, 6.07) is 0. The van der Waals surface area contributed by atoms with Gasteiger partial charge in [0, 0.05) is 11.5 Å². The molecule has 1 nitrogen and oxygen atoms in total. The van der Waals surface area contributed by atoms with Crippen LogP contribution in [0.5, 0.6) is 0 Å². The molecule has 0 radical (unpaired) electrons. The highest BCUT2D eigenvalue weighted by Gasteiger charge is 1.59. The quantitative estimate of drug-likeness (QED) is 0.358. The van der Waals surface area contributed by atoms with E-state index in [1.165, 1.54) is 0 Å². The van der Waals surface area contributed by atoms with Gasteiger partial charge in [0.1, 0.15) is 0 Å². The van der Waals surface area contributed by atoms with Crippen molar-refractivity contribution in [3.05, 3.63) is 12.3 Å². The first-order chi connectivity index (χ1) is 3.41. The molecule has 0 aromatic rings. The van der Waals surface area contributed by atoms with Crippen LogP contribution in [0.15, 0.2) is 17.3 Å². The Labute approximate surface area is 56.3 Å². The highest BCUT2D eigenvalue weighted by Crippen LogP contribution is 1.80. The average Bonchev–Trinajstić information content (AvgIpc) is 1.69. The third-order valence-corrected chi connectivity index (χ3v) is 0.801. The van der Waals surface area contributed by atoms with E-state index in [0.29, 0.717) is 0 Å². The molecule has 0 N–H and O–H groups in total. The van der Waals surface area contributed by atoms with E-state index in [-0.39, 0.29) is 0 Å². The van der Waals surface area contributed by atoms with Crippen LogP contribution in [0.3, 0.4) is 0 Å². The second-order valence-corrected chi connectivity index (χ2v) is 1.59. The normalized spacial score (nSPS) is 8.71. The second kappa shape index (κ2) is 6.02. The van der Waals surface area contributed by atoms with Crippen LogP contribution >= 0.6 is 28.1 Å². The Bertz CT molecular complexity index is 104. The molecule has 0 atom stereocenters.